The second-order valence-electron chi connectivity index (χ2n) is 5.55. The summed E-state index contributed by atoms with van der Waals surface area (Å²) in [5.74, 6) is -0.111. The molecule has 0 bridgehead atoms. The van der Waals surface area contributed by atoms with Crippen LogP contribution in [-0.2, 0) is 13.0 Å². The lowest BCUT2D eigenvalue weighted by molar-refractivity contribution is 0.0971. The van der Waals surface area contributed by atoms with Gasteiger partial charge in [-0.15, -0.1) is 11.3 Å². The van der Waals surface area contributed by atoms with E-state index in [1.165, 1.54) is 11.1 Å². The third-order valence-corrected chi connectivity index (χ3v) is 5.21. The molecule has 2 aromatic heterocycles. The second-order valence-corrected chi connectivity index (χ2v) is 7.05. The Kier molecular flexibility index (Phi) is 5.56. The summed E-state index contributed by atoms with van der Waals surface area (Å²) < 4.78 is 7.24. The summed E-state index contributed by atoms with van der Waals surface area (Å²) >= 11 is 7.59. The van der Waals surface area contributed by atoms with E-state index in [4.69, 9.17) is 16.0 Å². The fraction of sp³-hybridized carbons (Fsp3) is 0.263. The first kappa shape index (κ1) is 17.7. The van der Waals surface area contributed by atoms with Crippen LogP contribution in [0.25, 0.3) is 11.3 Å². The maximum absolute atomic E-state index is 12.3. The van der Waals surface area contributed by atoms with Crippen molar-refractivity contribution < 1.29 is 9.21 Å². The molecule has 0 unspecified atom stereocenters. The normalized spacial score (nSPS) is 11.9. The van der Waals surface area contributed by atoms with Gasteiger partial charge in [0, 0.05) is 16.4 Å². The van der Waals surface area contributed by atoms with E-state index in [0.29, 0.717) is 9.82 Å². The average molecular weight is 375 g/mol. The number of carbonyl (C=O) groups excluding carboxylic acids is 1. The van der Waals surface area contributed by atoms with Crippen molar-refractivity contribution in [3.8, 4) is 11.3 Å². The fourth-order valence-electron chi connectivity index (χ4n) is 2.70. The Morgan fingerprint density at radius 2 is 2.00 bits per heavy atom. The molecule has 0 spiro atoms. The maximum Gasteiger partial charge on any atom is 0.315 e. The standard InChI is InChI=1S/C19H19ClN2O2S/c1-3-6-16-17(13-8-10-14(20)11-9-13)22(4-2)19(25-16)21-18(23)15-7-5-12-24-15/h5,7-12H,3-4,6H2,1-2H3. The predicted molar refractivity (Wildman–Crippen MR) is 101 cm³/mol. The summed E-state index contributed by atoms with van der Waals surface area (Å²) in [5.41, 5.74) is 2.19. The van der Waals surface area contributed by atoms with Crippen molar-refractivity contribution in [3.05, 3.63) is 63.1 Å². The molecule has 0 fully saturated rings. The number of rotatable bonds is 5. The largest absolute Gasteiger partial charge is 0.459 e. The van der Waals surface area contributed by atoms with Gasteiger partial charge in [-0.25, -0.2) is 0 Å². The molecule has 0 saturated carbocycles. The van der Waals surface area contributed by atoms with Crippen LogP contribution in [0.3, 0.4) is 0 Å². The van der Waals surface area contributed by atoms with Crippen molar-refractivity contribution >= 4 is 28.8 Å². The lowest BCUT2D eigenvalue weighted by Gasteiger charge is -2.09. The molecule has 0 N–H and O–H groups in total. The molecule has 0 aliphatic carbocycles. The topological polar surface area (TPSA) is 47.5 Å². The third kappa shape index (κ3) is 3.78. The highest BCUT2D eigenvalue weighted by atomic mass is 35.5. The van der Waals surface area contributed by atoms with Crippen molar-refractivity contribution in [3.63, 3.8) is 0 Å². The number of furan rings is 1. The van der Waals surface area contributed by atoms with Crippen LogP contribution >= 0.6 is 22.9 Å². The number of thiazole rings is 1. The molecule has 0 aliphatic rings. The number of aromatic nitrogens is 1. The molecule has 4 nitrogen and oxygen atoms in total. The third-order valence-electron chi connectivity index (χ3n) is 3.82. The lowest BCUT2D eigenvalue weighted by atomic mass is 10.1. The highest BCUT2D eigenvalue weighted by Crippen LogP contribution is 2.28. The molecule has 0 radical (unpaired) electrons. The Morgan fingerprint density at radius 1 is 1.24 bits per heavy atom. The summed E-state index contributed by atoms with van der Waals surface area (Å²) in [6.45, 7) is 4.92. The van der Waals surface area contributed by atoms with Crippen LogP contribution in [0.15, 0.2) is 52.1 Å². The molecule has 0 aliphatic heterocycles. The summed E-state index contributed by atoms with van der Waals surface area (Å²) in [4.78, 5) is 18.5. The van der Waals surface area contributed by atoms with Gasteiger partial charge >= 0.3 is 5.91 Å². The van der Waals surface area contributed by atoms with Crippen LogP contribution in [0.4, 0.5) is 0 Å². The highest BCUT2D eigenvalue weighted by molar-refractivity contribution is 7.09. The molecule has 6 heteroatoms. The smallest absolute Gasteiger partial charge is 0.315 e. The Bertz CT molecular complexity index is 921. The number of benzene rings is 1. The monoisotopic (exact) mass is 374 g/mol. The van der Waals surface area contributed by atoms with Gasteiger partial charge in [0.25, 0.3) is 0 Å². The van der Waals surface area contributed by atoms with E-state index in [9.17, 15) is 4.79 Å². The zero-order valence-electron chi connectivity index (χ0n) is 14.2. The average Bonchev–Trinajstić information content (AvgIpc) is 3.24. The minimum atomic E-state index is -0.362. The summed E-state index contributed by atoms with van der Waals surface area (Å²) in [5, 5.41) is 0.706. The van der Waals surface area contributed by atoms with Crippen LogP contribution in [0.5, 0.6) is 0 Å². The van der Waals surface area contributed by atoms with Gasteiger partial charge in [0.2, 0.25) is 0 Å². The van der Waals surface area contributed by atoms with E-state index in [0.717, 1.165) is 30.6 Å². The van der Waals surface area contributed by atoms with Gasteiger partial charge in [-0.1, -0.05) is 37.1 Å². The molecule has 130 valence electrons. The minimum Gasteiger partial charge on any atom is -0.459 e. The zero-order valence-corrected chi connectivity index (χ0v) is 15.7. The number of aryl methyl sites for hydroxylation is 1. The van der Waals surface area contributed by atoms with E-state index in [2.05, 4.69) is 23.4 Å². The molecule has 0 saturated heterocycles. The van der Waals surface area contributed by atoms with Gasteiger partial charge in [0.05, 0.1) is 12.0 Å². The van der Waals surface area contributed by atoms with Crippen LogP contribution < -0.4 is 4.80 Å². The molecular weight excluding hydrogens is 356 g/mol. The number of hydrogen-bond acceptors (Lipinski definition) is 3. The molecule has 3 aromatic rings. The molecule has 2 heterocycles. The molecular formula is C19H19ClN2O2S. The Hall–Kier alpha value is -2.11. The quantitative estimate of drug-likeness (QED) is 0.618. The second kappa shape index (κ2) is 7.85. The van der Waals surface area contributed by atoms with Gasteiger partial charge in [0.15, 0.2) is 10.6 Å². The van der Waals surface area contributed by atoms with Gasteiger partial charge in [-0.2, -0.15) is 4.99 Å². The van der Waals surface area contributed by atoms with Gasteiger partial charge < -0.3 is 8.98 Å². The molecule has 1 amide bonds. The number of hydrogen-bond donors (Lipinski definition) is 0. The first-order valence-electron chi connectivity index (χ1n) is 8.25. The van der Waals surface area contributed by atoms with Crippen molar-refractivity contribution in [2.24, 2.45) is 4.99 Å². The minimum absolute atomic E-state index is 0.251. The molecule has 0 atom stereocenters. The maximum atomic E-state index is 12.3. The number of amides is 1. The lowest BCUT2D eigenvalue weighted by Crippen LogP contribution is -2.17. The van der Waals surface area contributed by atoms with E-state index in [1.54, 1.807) is 23.5 Å². The Morgan fingerprint density at radius 3 is 2.60 bits per heavy atom. The summed E-state index contributed by atoms with van der Waals surface area (Å²) in [7, 11) is 0. The van der Waals surface area contributed by atoms with Gasteiger partial charge in [-0.3, -0.25) is 4.79 Å². The molecule has 1 aromatic carbocycles. The first-order chi connectivity index (χ1) is 12.1. The molecule has 25 heavy (non-hydrogen) atoms. The molecule has 3 rings (SSSR count). The van der Waals surface area contributed by atoms with Crippen molar-refractivity contribution in [1.82, 2.24) is 4.57 Å². The Labute approximate surface area is 155 Å². The highest BCUT2D eigenvalue weighted by Gasteiger charge is 2.16. The van der Waals surface area contributed by atoms with E-state index >= 15 is 0 Å². The van der Waals surface area contributed by atoms with Gasteiger partial charge in [-0.05, 0) is 43.2 Å². The zero-order chi connectivity index (χ0) is 17.8. The summed E-state index contributed by atoms with van der Waals surface area (Å²) in [6.07, 6.45) is 3.44. The van der Waals surface area contributed by atoms with Crippen LogP contribution in [-0.4, -0.2) is 10.5 Å². The van der Waals surface area contributed by atoms with Crippen molar-refractivity contribution in [2.45, 2.75) is 33.2 Å². The Balaban J connectivity index is 2.15. The van der Waals surface area contributed by atoms with Gasteiger partial charge in [0.1, 0.15) is 0 Å². The summed E-state index contributed by atoms with van der Waals surface area (Å²) in [6, 6.07) is 11.1. The van der Waals surface area contributed by atoms with Crippen LogP contribution in [0, 0.1) is 0 Å². The van der Waals surface area contributed by atoms with E-state index in [1.807, 2.05) is 24.3 Å². The van der Waals surface area contributed by atoms with Crippen LogP contribution in [0.1, 0.15) is 35.7 Å². The van der Waals surface area contributed by atoms with E-state index < -0.39 is 0 Å². The van der Waals surface area contributed by atoms with E-state index in [-0.39, 0.29) is 11.7 Å². The fourth-order valence-corrected chi connectivity index (χ4v) is 4.14. The predicted octanol–water partition coefficient (Wildman–Crippen LogP) is 5.18. The van der Waals surface area contributed by atoms with Crippen molar-refractivity contribution in [2.75, 3.05) is 0 Å². The first-order valence-corrected chi connectivity index (χ1v) is 9.44. The number of halogens is 1. The van der Waals surface area contributed by atoms with Crippen LogP contribution in [0.2, 0.25) is 5.02 Å². The van der Waals surface area contributed by atoms with Crippen molar-refractivity contribution in [1.29, 1.82) is 0 Å². The number of nitrogens with zero attached hydrogens (tertiary/aromatic N) is 2. The number of carbonyl (C=O) groups is 1. The SMILES string of the molecule is CCCc1sc(=NC(=O)c2ccco2)n(CC)c1-c1ccc(Cl)cc1.